The SMILES string of the molecule is CCCOCCOc1ccc(C(C)=O)cc1Br. The molecule has 0 atom stereocenters. The molecular weight excluding hydrogens is 284 g/mol. The average molecular weight is 301 g/mol. The van der Waals surface area contributed by atoms with Gasteiger partial charge < -0.3 is 9.47 Å². The lowest BCUT2D eigenvalue weighted by Gasteiger charge is -2.09. The van der Waals surface area contributed by atoms with Gasteiger partial charge in [0.15, 0.2) is 5.78 Å². The first-order valence-electron chi connectivity index (χ1n) is 5.66. The summed E-state index contributed by atoms with van der Waals surface area (Å²) in [6.07, 6.45) is 1.01. The highest BCUT2D eigenvalue weighted by Crippen LogP contribution is 2.26. The molecule has 0 fully saturated rings. The minimum atomic E-state index is 0.0449. The normalized spacial score (nSPS) is 10.3. The van der Waals surface area contributed by atoms with E-state index in [0.717, 1.165) is 23.2 Å². The average Bonchev–Trinajstić information content (AvgIpc) is 2.30. The molecule has 0 saturated heterocycles. The van der Waals surface area contributed by atoms with Crippen LogP contribution in [-0.4, -0.2) is 25.6 Å². The first-order chi connectivity index (χ1) is 8.15. The molecule has 0 radical (unpaired) electrons. The summed E-state index contributed by atoms with van der Waals surface area (Å²) in [5, 5.41) is 0. The summed E-state index contributed by atoms with van der Waals surface area (Å²) in [6, 6.07) is 5.32. The van der Waals surface area contributed by atoms with Gasteiger partial charge in [-0.3, -0.25) is 4.79 Å². The zero-order valence-corrected chi connectivity index (χ0v) is 11.7. The van der Waals surface area contributed by atoms with Crippen molar-refractivity contribution in [1.29, 1.82) is 0 Å². The van der Waals surface area contributed by atoms with Crippen molar-refractivity contribution in [3.8, 4) is 5.75 Å². The minimum absolute atomic E-state index is 0.0449. The van der Waals surface area contributed by atoms with Crippen molar-refractivity contribution >= 4 is 21.7 Å². The van der Waals surface area contributed by atoms with Gasteiger partial charge >= 0.3 is 0 Å². The molecule has 94 valence electrons. The molecule has 0 unspecified atom stereocenters. The lowest BCUT2D eigenvalue weighted by atomic mass is 10.1. The van der Waals surface area contributed by atoms with Crippen LogP contribution in [-0.2, 0) is 4.74 Å². The van der Waals surface area contributed by atoms with Crippen molar-refractivity contribution < 1.29 is 14.3 Å². The van der Waals surface area contributed by atoms with Crippen LogP contribution in [0.3, 0.4) is 0 Å². The van der Waals surface area contributed by atoms with E-state index >= 15 is 0 Å². The van der Waals surface area contributed by atoms with E-state index in [0.29, 0.717) is 18.8 Å². The van der Waals surface area contributed by atoms with Crippen LogP contribution in [0, 0.1) is 0 Å². The van der Waals surface area contributed by atoms with E-state index in [1.807, 2.05) is 0 Å². The van der Waals surface area contributed by atoms with Crippen molar-refractivity contribution in [2.24, 2.45) is 0 Å². The monoisotopic (exact) mass is 300 g/mol. The first kappa shape index (κ1) is 14.2. The second-order valence-corrected chi connectivity index (χ2v) is 4.52. The van der Waals surface area contributed by atoms with Gasteiger partial charge in [0.2, 0.25) is 0 Å². The number of ketones is 1. The summed E-state index contributed by atoms with van der Waals surface area (Å²) in [7, 11) is 0. The summed E-state index contributed by atoms with van der Waals surface area (Å²) in [4.78, 5) is 11.2. The van der Waals surface area contributed by atoms with E-state index in [-0.39, 0.29) is 5.78 Å². The second kappa shape index (κ2) is 7.45. The van der Waals surface area contributed by atoms with Gasteiger partial charge in [0.1, 0.15) is 12.4 Å². The van der Waals surface area contributed by atoms with Crippen LogP contribution in [0.4, 0.5) is 0 Å². The zero-order chi connectivity index (χ0) is 12.7. The van der Waals surface area contributed by atoms with Gasteiger partial charge in [-0.15, -0.1) is 0 Å². The number of rotatable bonds is 7. The molecule has 0 saturated carbocycles. The Balaban J connectivity index is 2.46. The third-order valence-corrected chi connectivity index (χ3v) is 2.79. The molecule has 1 aromatic carbocycles. The Morgan fingerprint density at radius 3 is 2.65 bits per heavy atom. The van der Waals surface area contributed by atoms with Gasteiger partial charge in [0.25, 0.3) is 0 Å². The quantitative estimate of drug-likeness (QED) is 0.571. The number of Topliss-reactive ketones (excluding diaryl/α,β-unsaturated/α-hetero) is 1. The van der Waals surface area contributed by atoms with Gasteiger partial charge in [-0.1, -0.05) is 6.92 Å². The van der Waals surface area contributed by atoms with Crippen LogP contribution >= 0.6 is 15.9 Å². The first-order valence-corrected chi connectivity index (χ1v) is 6.45. The van der Waals surface area contributed by atoms with Crippen LogP contribution < -0.4 is 4.74 Å². The molecule has 0 spiro atoms. The molecule has 3 nitrogen and oxygen atoms in total. The van der Waals surface area contributed by atoms with Gasteiger partial charge in [0.05, 0.1) is 11.1 Å². The lowest BCUT2D eigenvalue weighted by molar-refractivity contribution is 0.0999. The highest BCUT2D eigenvalue weighted by atomic mass is 79.9. The number of halogens is 1. The molecule has 4 heteroatoms. The predicted molar refractivity (Wildman–Crippen MR) is 70.8 cm³/mol. The van der Waals surface area contributed by atoms with Crippen molar-refractivity contribution in [1.82, 2.24) is 0 Å². The number of carbonyl (C=O) groups is 1. The highest BCUT2D eigenvalue weighted by molar-refractivity contribution is 9.10. The van der Waals surface area contributed by atoms with Crippen molar-refractivity contribution in [2.45, 2.75) is 20.3 Å². The number of hydrogen-bond acceptors (Lipinski definition) is 3. The molecule has 0 amide bonds. The smallest absolute Gasteiger partial charge is 0.159 e. The fraction of sp³-hybridized carbons (Fsp3) is 0.462. The summed E-state index contributed by atoms with van der Waals surface area (Å²) in [6.45, 7) is 5.46. The summed E-state index contributed by atoms with van der Waals surface area (Å²) in [5.74, 6) is 0.777. The fourth-order valence-electron chi connectivity index (χ4n) is 1.29. The fourth-order valence-corrected chi connectivity index (χ4v) is 1.79. The van der Waals surface area contributed by atoms with E-state index in [1.165, 1.54) is 0 Å². The van der Waals surface area contributed by atoms with Crippen LogP contribution in [0.2, 0.25) is 0 Å². The van der Waals surface area contributed by atoms with Gasteiger partial charge in [-0.25, -0.2) is 0 Å². The Kier molecular flexibility index (Phi) is 6.22. The van der Waals surface area contributed by atoms with Gasteiger partial charge in [-0.05, 0) is 47.5 Å². The molecule has 0 aromatic heterocycles. The van der Waals surface area contributed by atoms with E-state index in [4.69, 9.17) is 9.47 Å². The molecule has 0 aliphatic rings. The van der Waals surface area contributed by atoms with E-state index < -0.39 is 0 Å². The van der Waals surface area contributed by atoms with E-state index in [1.54, 1.807) is 25.1 Å². The molecule has 0 bridgehead atoms. The topological polar surface area (TPSA) is 35.5 Å². The Morgan fingerprint density at radius 1 is 1.29 bits per heavy atom. The Hall–Kier alpha value is -0.870. The second-order valence-electron chi connectivity index (χ2n) is 3.66. The molecule has 0 heterocycles. The Morgan fingerprint density at radius 2 is 2.06 bits per heavy atom. The maximum absolute atomic E-state index is 11.2. The molecule has 0 N–H and O–H groups in total. The van der Waals surface area contributed by atoms with Crippen molar-refractivity contribution in [3.05, 3.63) is 28.2 Å². The standard InChI is InChI=1S/C13H17BrO3/c1-3-6-16-7-8-17-13-5-4-11(10(2)15)9-12(13)14/h4-5,9H,3,6-8H2,1-2H3. The molecule has 17 heavy (non-hydrogen) atoms. The molecular formula is C13H17BrO3. The lowest BCUT2D eigenvalue weighted by Crippen LogP contribution is -2.07. The van der Waals surface area contributed by atoms with Crippen LogP contribution in [0.5, 0.6) is 5.75 Å². The maximum Gasteiger partial charge on any atom is 0.159 e. The number of ether oxygens (including phenoxy) is 2. The summed E-state index contributed by atoms with van der Waals surface area (Å²) in [5.41, 5.74) is 0.673. The third-order valence-electron chi connectivity index (χ3n) is 2.17. The maximum atomic E-state index is 11.2. The van der Waals surface area contributed by atoms with E-state index in [2.05, 4.69) is 22.9 Å². The Labute approximate surface area is 110 Å². The van der Waals surface area contributed by atoms with Gasteiger partial charge in [0, 0.05) is 12.2 Å². The Bertz CT molecular complexity index is 377. The predicted octanol–water partition coefficient (Wildman–Crippen LogP) is 3.46. The van der Waals surface area contributed by atoms with Crippen LogP contribution in [0.1, 0.15) is 30.6 Å². The van der Waals surface area contributed by atoms with Crippen LogP contribution in [0.25, 0.3) is 0 Å². The molecule has 0 aliphatic heterocycles. The van der Waals surface area contributed by atoms with Crippen molar-refractivity contribution in [2.75, 3.05) is 19.8 Å². The van der Waals surface area contributed by atoms with E-state index in [9.17, 15) is 4.79 Å². The minimum Gasteiger partial charge on any atom is -0.490 e. The zero-order valence-electron chi connectivity index (χ0n) is 10.2. The summed E-state index contributed by atoms with van der Waals surface area (Å²) >= 11 is 3.38. The molecule has 1 aromatic rings. The summed E-state index contributed by atoms with van der Waals surface area (Å²) < 4.78 is 11.6. The van der Waals surface area contributed by atoms with Gasteiger partial charge in [-0.2, -0.15) is 0 Å². The number of carbonyl (C=O) groups excluding carboxylic acids is 1. The largest absolute Gasteiger partial charge is 0.490 e. The molecule has 0 aliphatic carbocycles. The number of benzene rings is 1. The third kappa shape index (κ3) is 4.88. The number of hydrogen-bond donors (Lipinski definition) is 0. The highest BCUT2D eigenvalue weighted by Gasteiger charge is 2.05. The van der Waals surface area contributed by atoms with Crippen molar-refractivity contribution in [3.63, 3.8) is 0 Å². The molecule has 1 rings (SSSR count). The van der Waals surface area contributed by atoms with Crippen LogP contribution in [0.15, 0.2) is 22.7 Å².